The van der Waals surface area contributed by atoms with Crippen molar-refractivity contribution in [2.45, 2.75) is 0 Å². The molecule has 4 rings (SSSR count). The number of rotatable bonds is 4. The smallest absolute Gasteiger partial charge is 0.226 e. The van der Waals surface area contributed by atoms with Crippen molar-refractivity contribution < 1.29 is 4.42 Å². The molecule has 0 amide bonds. The third-order valence-electron chi connectivity index (χ3n) is 3.84. The summed E-state index contributed by atoms with van der Waals surface area (Å²) in [5.74, 6) is 0.671. The van der Waals surface area contributed by atoms with Crippen LogP contribution in [0.3, 0.4) is 0 Å². The van der Waals surface area contributed by atoms with Crippen molar-refractivity contribution in [3.63, 3.8) is 0 Å². The third-order valence-corrected chi connectivity index (χ3v) is 6.34. The molecule has 0 aliphatic carbocycles. The first-order chi connectivity index (χ1) is 11.9. The van der Waals surface area contributed by atoms with E-state index in [2.05, 4.69) is 83.8 Å². The Bertz CT molecular complexity index is 866. The van der Waals surface area contributed by atoms with Gasteiger partial charge < -0.3 is 4.42 Å². The van der Waals surface area contributed by atoms with Crippen LogP contribution in [0.15, 0.2) is 102 Å². The van der Waals surface area contributed by atoms with E-state index in [1.54, 1.807) is 12.5 Å². The average molecular weight is 329 g/mol. The molecule has 2 nitrogen and oxygen atoms in total. The summed E-state index contributed by atoms with van der Waals surface area (Å²) in [6.07, 6.45) is 3.32. The molecule has 0 bridgehead atoms. The number of aromatic nitrogens is 1. The number of benzene rings is 3. The summed E-state index contributed by atoms with van der Waals surface area (Å²) in [5.41, 5.74) is 1.06. The van der Waals surface area contributed by atoms with Gasteiger partial charge in [-0.05, 0) is 29.9 Å². The molecule has 1 heterocycles. The maximum atomic E-state index is 5.58. The Morgan fingerprint density at radius 1 is 0.667 bits per heavy atom. The van der Waals surface area contributed by atoms with E-state index in [9.17, 15) is 0 Å². The summed E-state index contributed by atoms with van der Waals surface area (Å²) in [7, 11) is -0.672. The fourth-order valence-corrected chi connectivity index (χ4v) is 5.23. The van der Waals surface area contributed by atoms with Crippen LogP contribution in [0.5, 0.6) is 0 Å². The number of oxazole rings is 1. The van der Waals surface area contributed by atoms with E-state index in [1.807, 2.05) is 6.07 Å². The van der Waals surface area contributed by atoms with Gasteiger partial charge in [0.15, 0.2) is 0 Å². The monoisotopic (exact) mass is 329 g/mol. The second-order valence-corrected chi connectivity index (χ2v) is 7.55. The highest BCUT2D eigenvalue weighted by molar-refractivity contribution is 7.80. The Labute approximate surface area is 142 Å². The van der Waals surface area contributed by atoms with Gasteiger partial charge >= 0.3 is 0 Å². The van der Waals surface area contributed by atoms with Crippen molar-refractivity contribution in [2.75, 3.05) is 0 Å². The van der Waals surface area contributed by atoms with E-state index < -0.39 is 7.92 Å². The molecular weight excluding hydrogens is 313 g/mol. The number of nitrogens with zero attached hydrogens (tertiary/aromatic N) is 1. The molecule has 0 atom stereocenters. The molecule has 0 saturated carbocycles. The lowest BCUT2D eigenvalue weighted by molar-refractivity contribution is 0.575. The van der Waals surface area contributed by atoms with Gasteiger partial charge in [0.05, 0.1) is 6.20 Å². The Morgan fingerprint density at radius 3 is 1.83 bits per heavy atom. The molecule has 0 aliphatic rings. The molecule has 1 aromatic heterocycles. The second-order valence-electron chi connectivity index (χ2n) is 5.36. The fourth-order valence-electron chi connectivity index (χ4n) is 2.79. The molecule has 4 aromatic rings. The van der Waals surface area contributed by atoms with Gasteiger partial charge in [-0.15, -0.1) is 0 Å². The molecule has 0 spiro atoms. The lowest BCUT2D eigenvalue weighted by Crippen LogP contribution is -2.22. The average Bonchev–Trinajstić information content (AvgIpc) is 3.19. The van der Waals surface area contributed by atoms with Gasteiger partial charge in [-0.3, -0.25) is 0 Å². The largest absolute Gasteiger partial charge is 0.445 e. The summed E-state index contributed by atoms with van der Waals surface area (Å²) < 4.78 is 5.58. The van der Waals surface area contributed by atoms with Crippen molar-refractivity contribution in [3.8, 4) is 11.5 Å². The minimum Gasteiger partial charge on any atom is -0.445 e. The Balaban J connectivity index is 1.93. The molecule has 3 heteroatoms. The maximum Gasteiger partial charge on any atom is 0.226 e. The predicted molar refractivity (Wildman–Crippen MR) is 101 cm³/mol. The van der Waals surface area contributed by atoms with Crippen molar-refractivity contribution in [1.29, 1.82) is 0 Å². The maximum absolute atomic E-state index is 5.58. The van der Waals surface area contributed by atoms with Crippen molar-refractivity contribution in [3.05, 3.63) is 97.4 Å². The van der Waals surface area contributed by atoms with Crippen LogP contribution >= 0.6 is 7.92 Å². The van der Waals surface area contributed by atoms with E-state index in [4.69, 9.17) is 4.42 Å². The van der Waals surface area contributed by atoms with Gasteiger partial charge in [0, 0.05) is 5.56 Å². The molecule has 0 fully saturated rings. The van der Waals surface area contributed by atoms with Crippen molar-refractivity contribution in [1.82, 2.24) is 4.98 Å². The number of hydrogen-bond donors (Lipinski definition) is 0. The molecule has 24 heavy (non-hydrogen) atoms. The van der Waals surface area contributed by atoms with Crippen LogP contribution in [-0.4, -0.2) is 4.98 Å². The van der Waals surface area contributed by atoms with Crippen LogP contribution in [0.1, 0.15) is 0 Å². The fraction of sp³-hybridized carbons (Fsp3) is 0. The van der Waals surface area contributed by atoms with Crippen molar-refractivity contribution >= 4 is 23.8 Å². The predicted octanol–water partition coefficient (Wildman–Crippen LogP) is 4.10. The van der Waals surface area contributed by atoms with E-state index in [1.165, 1.54) is 15.9 Å². The summed E-state index contributed by atoms with van der Waals surface area (Å²) >= 11 is 0. The zero-order chi connectivity index (χ0) is 16.2. The molecule has 0 radical (unpaired) electrons. The molecule has 0 aliphatic heterocycles. The van der Waals surface area contributed by atoms with Crippen LogP contribution in [0, 0.1) is 0 Å². The van der Waals surface area contributed by atoms with Crippen LogP contribution in [0.25, 0.3) is 11.5 Å². The molecule has 0 N–H and O–H groups in total. The van der Waals surface area contributed by atoms with E-state index in [0.717, 1.165) is 5.56 Å². The number of hydrogen-bond acceptors (Lipinski definition) is 2. The summed E-state index contributed by atoms with van der Waals surface area (Å²) in [4.78, 5) is 4.36. The third kappa shape index (κ3) is 2.89. The van der Waals surface area contributed by atoms with Gasteiger partial charge in [0.1, 0.15) is 6.26 Å². The van der Waals surface area contributed by atoms with Crippen LogP contribution in [0.4, 0.5) is 0 Å². The van der Waals surface area contributed by atoms with E-state index in [0.29, 0.717) is 5.89 Å². The van der Waals surface area contributed by atoms with E-state index in [-0.39, 0.29) is 0 Å². The first-order valence-corrected chi connectivity index (χ1v) is 9.17. The lowest BCUT2D eigenvalue weighted by atomic mass is 10.2. The second kappa shape index (κ2) is 6.82. The zero-order valence-electron chi connectivity index (χ0n) is 13.0. The van der Waals surface area contributed by atoms with Crippen LogP contribution in [-0.2, 0) is 0 Å². The van der Waals surface area contributed by atoms with Gasteiger partial charge in [-0.25, -0.2) is 4.98 Å². The zero-order valence-corrected chi connectivity index (χ0v) is 13.9. The Kier molecular flexibility index (Phi) is 4.22. The highest BCUT2D eigenvalue weighted by Crippen LogP contribution is 2.36. The normalized spacial score (nSPS) is 10.9. The quantitative estimate of drug-likeness (QED) is 0.527. The van der Waals surface area contributed by atoms with Gasteiger partial charge in [-0.1, -0.05) is 78.9 Å². The molecule has 0 unspecified atom stereocenters. The van der Waals surface area contributed by atoms with Gasteiger partial charge in [0.25, 0.3) is 0 Å². The lowest BCUT2D eigenvalue weighted by Gasteiger charge is -2.21. The molecule has 0 saturated heterocycles. The van der Waals surface area contributed by atoms with Crippen LogP contribution in [0.2, 0.25) is 0 Å². The summed E-state index contributed by atoms with van der Waals surface area (Å²) in [6.45, 7) is 0. The Hall–Kier alpha value is -2.70. The standard InChI is InChI=1S/C21H16NOP/c1-3-9-17(10-4-1)24(18-11-5-2-6-12-18)20-14-8-7-13-19(20)21-22-15-16-23-21/h1-16H. The van der Waals surface area contributed by atoms with Crippen LogP contribution < -0.4 is 15.9 Å². The highest BCUT2D eigenvalue weighted by Gasteiger charge is 2.21. The summed E-state index contributed by atoms with van der Waals surface area (Å²) in [6, 6.07) is 29.7. The minimum atomic E-state index is -0.672. The molecule has 3 aromatic carbocycles. The highest BCUT2D eigenvalue weighted by atomic mass is 31.1. The minimum absolute atomic E-state index is 0.671. The molecule has 116 valence electrons. The topological polar surface area (TPSA) is 26.0 Å². The van der Waals surface area contributed by atoms with E-state index >= 15 is 0 Å². The first-order valence-electron chi connectivity index (χ1n) is 7.82. The SMILES string of the molecule is c1ccc(P(c2ccccc2)c2ccccc2-c2ncco2)cc1. The Morgan fingerprint density at radius 2 is 1.25 bits per heavy atom. The first kappa shape index (κ1) is 14.9. The van der Waals surface area contributed by atoms with Crippen molar-refractivity contribution in [2.24, 2.45) is 0 Å². The van der Waals surface area contributed by atoms with Gasteiger partial charge in [0.2, 0.25) is 5.89 Å². The summed E-state index contributed by atoms with van der Waals surface area (Å²) in [5, 5.41) is 3.89. The van der Waals surface area contributed by atoms with Gasteiger partial charge in [-0.2, -0.15) is 0 Å². The molecular formula is C21H16NOP.